The van der Waals surface area contributed by atoms with Gasteiger partial charge in [-0.3, -0.25) is 9.39 Å². The minimum absolute atomic E-state index is 0.236. The van der Waals surface area contributed by atoms with E-state index < -0.39 is 17.5 Å². The average molecular weight is 429 g/mol. The lowest BCUT2D eigenvalue weighted by Crippen LogP contribution is -2.49. The first-order valence-electron chi connectivity index (χ1n) is 9.75. The van der Waals surface area contributed by atoms with Crippen LogP contribution in [0.4, 0.5) is 19.0 Å². The van der Waals surface area contributed by atoms with Gasteiger partial charge in [-0.05, 0) is 18.9 Å². The number of aromatic nitrogens is 5. The highest BCUT2D eigenvalue weighted by Gasteiger charge is 2.37. The molecule has 1 N–H and O–H groups in total. The second-order valence-corrected chi connectivity index (χ2v) is 7.59. The number of hydrogen-bond donors (Lipinski definition) is 1. The number of anilines is 1. The van der Waals surface area contributed by atoms with E-state index in [1.807, 2.05) is 11.0 Å². The third-order valence-corrected chi connectivity index (χ3v) is 5.54. The van der Waals surface area contributed by atoms with E-state index in [0.29, 0.717) is 37.6 Å². The van der Waals surface area contributed by atoms with Gasteiger partial charge >= 0.3 is 6.18 Å². The molecule has 2 aliphatic rings. The maximum absolute atomic E-state index is 13.1. The monoisotopic (exact) mass is 429 g/mol. The highest BCUT2D eigenvalue weighted by molar-refractivity contribution is 5.84. The van der Waals surface area contributed by atoms with E-state index in [1.165, 1.54) is 10.6 Å². The molecule has 5 rings (SSSR count). The number of halogens is 3. The van der Waals surface area contributed by atoms with E-state index in [4.69, 9.17) is 0 Å². The molecular weight excluding hydrogens is 411 g/mol. The maximum atomic E-state index is 13.1. The molecule has 3 aromatic rings. The van der Waals surface area contributed by atoms with Crippen molar-refractivity contribution in [2.45, 2.75) is 24.6 Å². The molecule has 160 valence electrons. The molecule has 5 heterocycles. The number of β-amino-alcohol motifs (C(OH)–C–C–N with tert-alkyl or cyclic N) is 1. The van der Waals surface area contributed by atoms with Crippen LogP contribution in [0.3, 0.4) is 0 Å². The predicted octanol–water partition coefficient (Wildman–Crippen LogP) is 2.55. The Balaban J connectivity index is 1.49. The van der Waals surface area contributed by atoms with Crippen molar-refractivity contribution in [1.29, 1.82) is 0 Å². The van der Waals surface area contributed by atoms with Crippen molar-refractivity contribution in [2.75, 3.05) is 24.5 Å². The van der Waals surface area contributed by atoms with Gasteiger partial charge in [0.2, 0.25) is 0 Å². The topological polar surface area (TPSA) is 91.8 Å². The third kappa shape index (κ3) is 3.54. The molecule has 1 unspecified atom stereocenters. The van der Waals surface area contributed by atoms with Gasteiger partial charge in [-0.25, -0.2) is 19.9 Å². The van der Waals surface area contributed by atoms with Gasteiger partial charge in [-0.1, -0.05) is 6.08 Å². The van der Waals surface area contributed by atoms with Crippen LogP contribution in [0.15, 0.2) is 47.5 Å². The Morgan fingerprint density at radius 1 is 1.13 bits per heavy atom. The lowest BCUT2D eigenvalue weighted by Gasteiger charge is -2.40. The van der Waals surface area contributed by atoms with Gasteiger partial charge in [0.1, 0.15) is 17.1 Å². The Hall–Kier alpha value is -3.34. The maximum Gasteiger partial charge on any atom is 0.434 e. The zero-order valence-electron chi connectivity index (χ0n) is 16.3. The molecule has 0 radical (unpaired) electrons. The molecule has 1 atom stereocenters. The minimum atomic E-state index is -4.57. The SMILES string of the molecule is OC1(C2=CCN=C2)CCCN(c2ccnc(-c3cnc4cnc(C(F)(F)F)cn34)n2)C1. The Bertz CT molecular complexity index is 1200. The summed E-state index contributed by atoms with van der Waals surface area (Å²) in [5, 5.41) is 11.1. The van der Waals surface area contributed by atoms with Crippen molar-refractivity contribution in [2.24, 2.45) is 4.99 Å². The van der Waals surface area contributed by atoms with E-state index in [9.17, 15) is 18.3 Å². The molecule has 0 amide bonds. The second-order valence-electron chi connectivity index (χ2n) is 7.59. The molecule has 8 nitrogen and oxygen atoms in total. The van der Waals surface area contributed by atoms with Gasteiger partial charge in [0.05, 0.1) is 25.5 Å². The molecule has 0 saturated carbocycles. The fourth-order valence-electron chi connectivity index (χ4n) is 3.98. The molecule has 0 bridgehead atoms. The Kier molecular flexibility index (Phi) is 4.50. The van der Waals surface area contributed by atoms with Crippen molar-refractivity contribution in [1.82, 2.24) is 24.3 Å². The van der Waals surface area contributed by atoms with Crippen LogP contribution in [0.1, 0.15) is 18.5 Å². The van der Waals surface area contributed by atoms with E-state index in [1.54, 1.807) is 18.5 Å². The van der Waals surface area contributed by atoms with Crippen LogP contribution in [0.2, 0.25) is 0 Å². The van der Waals surface area contributed by atoms with Gasteiger partial charge in [-0.15, -0.1) is 0 Å². The molecule has 1 saturated heterocycles. The molecule has 31 heavy (non-hydrogen) atoms. The Morgan fingerprint density at radius 2 is 2.00 bits per heavy atom. The van der Waals surface area contributed by atoms with Crippen LogP contribution in [-0.4, -0.2) is 60.9 Å². The first kappa shape index (κ1) is 19.6. The number of rotatable bonds is 3. The molecule has 1 fully saturated rings. The van der Waals surface area contributed by atoms with E-state index in [2.05, 4.69) is 24.9 Å². The smallest absolute Gasteiger partial charge is 0.383 e. The summed E-state index contributed by atoms with van der Waals surface area (Å²) >= 11 is 0. The first-order valence-corrected chi connectivity index (χ1v) is 9.75. The summed E-state index contributed by atoms with van der Waals surface area (Å²) in [6, 6.07) is 1.72. The fourth-order valence-corrected chi connectivity index (χ4v) is 3.98. The number of aliphatic hydroxyl groups is 1. The number of nitrogens with zero attached hydrogens (tertiary/aromatic N) is 7. The van der Waals surface area contributed by atoms with Gasteiger partial charge in [-0.2, -0.15) is 13.2 Å². The lowest BCUT2D eigenvalue weighted by atomic mass is 9.86. The quantitative estimate of drug-likeness (QED) is 0.688. The Labute approximate surface area is 174 Å². The molecule has 0 aromatic carbocycles. The number of aliphatic imine (C=N–C) groups is 1. The largest absolute Gasteiger partial charge is 0.434 e. The van der Waals surface area contributed by atoms with Crippen LogP contribution in [0.25, 0.3) is 17.2 Å². The second kappa shape index (κ2) is 7.12. The molecule has 0 spiro atoms. The van der Waals surface area contributed by atoms with Crippen molar-refractivity contribution >= 4 is 17.7 Å². The summed E-state index contributed by atoms with van der Waals surface area (Å²) in [5.74, 6) is 0.818. The first-order chi connectivity index (χ1) is 14.8. The highest BCUT2D eigenvalue weighted by Crippen LogP contribution is 2.32. The molecule has 3 aromatic heterocycles. The van der Waals surface area contributed by atoms with E-state index in [0.717, 1.165) is 24.4 Å². The molecule has 2 aliphatic heterocycles. The zero-order valence-corrected chi connectivity index (χ0v) is 16.3. The standard InChI is InChI=1S/C20H18F3N7O/c21-20(22,23)15-11-30-14(9-27-17(30)10-26-15)18-25-6-3-16(28-18)29-7-1-4-19(31,12-29)13-2-5-24-8-13/h2-3,6,8-11,31H,1,4-5,7,12H2. The minimum Gasteiger partial charge on any atom is -0.383 e. The molecule has 0 aliphatic carbocycles. The number of piperidine rings is 1. The van der Waals surface area contributed by atoms with Crippen molar-refractivity contribution in [3.05, 3.63) is 48.2 Å². The summed E-state index contributed by atoms with van der Waals surface area (Å²) in [6.07, 6.45) is 5.36. The molecule has 11 heteroatoms. The molecular formula is C20H18F3N7O. The summed E-state index contributed by atoms with van der Waals surface area (Å²) in [5.41, 5.74) is -0.650. The predicted molar refractivity (Wildman–Crippen MR) is 107 cm³/mol. The van der Waals surface area contributed by atoms with Crippen molar-refractivity contribution in [3.63, 3.8) is 0 Å². The zero-order chi connectivity index (χ0) is 21.6. The van der Waals surface area contributed by atoms with Gasteiger partial charge < -0.3 is 10.0 Å². The van der Waals surface area contributed by atoms with Crippen LogP contribution in [0, 0.1) is 0 Å². The lowest BCUT2D eigenvalue weighted by molar-refractivity contribution is -0.141. The van der Waals surface area contributed by atoms with Crippen molar-refractivity contribution in [3.8, 4) is 11.5 Å². The van der Waals surface area contributed by atoms with E-state index >= 15 is 0 Å². The van der Waals surface area contributed by atoms with E-state index in [-0.39, 0.29) is 11.5 Å². The Morgan fingerprint density at radius 3 is 2.77 bits per heavy atom. The fraction of sp³-hybridized carbons (Fsp3) is 0.350. The van der Waals surface area contributed by atoms with Crippen LogP contribution >= 0.6 is 0 Å². The van der Waals surface area contributed by atoms with Gasteiger partial charge in [0.15, 0.2) is 17.2 Å². The summed E-state index contributed by atoms with van der Waals surface area (Å²) in [6.45, 7) is 1.60. The summed E-state index contributed by atoms with van der Waals surface area (Å²) < 4.78 is 40.6. The normalized spacial score (nSPS) is 21.7. The number of alkyl halides is 3. The highest BCUT2D eigenvalue weighted by atomic mass is 19.4. The van der Waals surface area contributed by atoms with Crippen LogP contribution in [-0.2, 0) is 6.18 Å². The summed E-state index contributed by atoms with van der Waals surface area (Å²) in [4.78, 5) is 22.5. The van der Waals surface area contributed by atoms with Crippen LogP contribution in [0.5, 0.6) is 0 Å². The van der Waals surface area contributed by atoms with Gasteiger partial charge in [0.25, 0.3) is 0 Å². The van der Waals surface area contributed by atoms with Gasteiger partial charge in [0, 0.05) is 30.7 Å². The number of imidazole rings is 1. The average Bonchev–Trinajstić information content (AvgIpc) is 3.43. The number of fused-ring (bicyclic) bond motifs is 1. The third-order valence-electron chi connectivity index (χ3n) is 5.54. The van der Waals surface area contributed by atoms with Crippen molar-refractivity contribution < 1.29 is 18.3 Å². The van der Waals surface area contributed by atoms with Crippen LogP contribution < -0.4 is 4.90 Å². The summed E-state index contributed by atoms with van der Waals surface area (Å²) in [7, 11) is 0. The number of hydrogen-bond acceptors (Lipinski definition) is 7.